The Bertz CT molecular complexity index is 984. The van der Waals surface area contributed by atoms with E-state index in [4.69, 9.17) is 11.6 Å². The smallest absolute Gasteiger partial charge is 0.140 e. The molecule has 23 heavy (non-hydrogen) atoms. The van der Waals surface area contributed by atoms with Crippen molar-refractivity contribution in [3.63, 3.8) is 0 Å². The summed E-state index contributed by atoms with van der Waals surface area (Å²) in [5, 5.41) is 1.30. The predicted octanol–water partition coefficient (Wildman–Crippen LogP) is 5.01. The van der Waals surface area contributed by atoms with Crippen molar-refractivity contribution in [2.45, 2.75) is 0 Å². The predicted molar refractivity (Wildman–Crippen MR) is 93.2 cm³/mol. The largest absolute Gasteiger partial charge is 0.256 e. The number of pyridine rings is 1. The topological polar surface area (TPSA) is 38.7 Å². The fourth-order valence-electron chi connectivity index (χ4n) is 2.66. The van der Waals surface area contributed by atoms with Crippen LogP contribution in [-0.4, -0.2) is 15.0 Å². The van der Waals surface area contributed by atoms with Gasteiger partial charge in [-0.3, -0.25) is 4.98 Å². The van der Waals surface area contributed by atoms with E-state index >= 15 is 0 Å². The van der Waals surface area contributed by atoms with Crippen LogP contribution >= 0.6 is 11.6 Å². The molecule has 0 atom stereocenters. The maximum atomic E-state index is 6.21. The number of rotatable bonds is 2. The van der Waals surface area contributed by atoms with Gasteiger partial charge in [0.15, 0.2) is 0 Å². The Morgan fingerprint density at radius 2 is 1.61 bits per heavy atom. The van der Waals surface area contributed by atoms with Crippen LogP contribution in [-0.2, 0) is 0 Å². The normalized spacial score (nSPS) is 10.8. The van der Waals surface area contributed by atoms with Crippen molar-refractivity contribution >= 4 is 22.5 Å². The van der Waals surface area contributed by atoms with Gasteiger partial charge in [-0.1, -0.05) is 54.1 Å². The van der Waals surface area contributed by atoms with Gasteiger partial charge in [0.1, 0.15) is 11.5 Å². The molecule has 0 aliphatic rings. The van der Waals surface area contributed by atoms with Gasteiger partial charge in [-0.25, -0.2) is 9.97 Å². The van der Waals surface area contributed by atoms with Crippen molar-refractivity contribution in [2.75, 3.05) is 0 Å². The van der Waals surface area contributed by atoms with Crippen molar-refractivity contribution in [1.82, 2.24) is 15.0 Å². The van der Waals surface area contributed by atoms with Crippen molar-refractivity contribution in [3.05, 3.63) is 78.3 Å². The molecule has 3 nitrogen and oxygen atoms in total. The summed E-state index contributed by atoms with van der Waals surface area (Å²) in [5.74, 6) is 0. The Balaban J connectivity index is 1.94. The average molecular weight is 318 g/mol. The molecule has 0 N–H and O–H groups in total. The highest BCUT2D eigenvalue weighted by molar-refractivity contribution is 6.34. The first-order chi connectivity index (χ1) is 11.3. The first-order valence-corrected chi connectivity index (χ1v) is 7.62. The molecule has 0 saturated heterocycles. The van der Waals surface area contributed by atoms with E-state index in [2.05, 4.69) is 33.2 Å². The monoisotopic (exact) mass is 317 g/mol. The molecule has 0 saturated carbocycles. The second-order valence-electron chi connectivity index (χ2n) is 5.16. The molecule has 0 fully saturated rings. The van der Waals surface area contributed by atoms with Crippen LogP contribution in [0.2, 0.25) is 5.15 Å². The lowest BCUT2D eigenvalue weighted by Gasteiger charge is -2.10. The standard InChI is InChI=1S/C19H12ClN3/c20-19-16-11-14(8-9-17(16)22-12-23-19)15-7-4-10-21-18(15)13-5-2-1-3-6-13/h1-12H. The lowest BCUT2D eigenvalue weighted by molar-refractivity contribution is 1.22. The van der Waals surface area contributed by atoms with E-state index in [1.807, 2.05) is 48.7 Å². The van der Waals surface area contributed by atoms with E-state index in [9.17, 15) is 0 Å². The molecule has 0 unspecified atom stereocenters. The Morgan fingerprint density at radius 1 is 0.739 bits per heavy atom. The summed E-state index contributed by atoms with van der Waals surface area (Å²) in [5.41, 5.74) is 4.96. The minimum absolute atomic E-state index is 0.460. The van der Waals surface area contributed by atoms with Crippen molar-refractivity contribution in [3.8, 4) is 22.4 Å². The summed E-state index contributed by atoms with van der Waals surface area (Å²) in [7, 11) is 0. The number of halogens is 1. The highest BCUT2D eigenvalue weighted by Gasteiger charge is 2.10. The zero-order valence-electron chi connectivity index (χ0n) is 12.1. The first kappa shape index (κ1) is 13.9. The maximum absolute atomic E-state index is 6.21. The van der Waals surface area contributed by atoms with E-state index in [-0.39, 0.29) is 0 Å². The second-order valence-corrected chi connectivity index (χ2v) is 5.52. The molecule has 0 aliphatic heterocycles. The van der Waals surface area contributed by atoms with Gasteiger partial charge in [0.25, 0.3) is 0 Å². The van der Waals surface area contributed by atoms with E-state index < -0.39 is 0 Å². The molecule has 0 amide bonds. The average Bonchev–Trinajstić information content (AvgIpc) is 2.63. The number of fused-ring (bicyclic) bond motifs is 1. The molecular weight excluding hydrogens is 306 g/mol. The van der Waals surface area contributed by atoms with Crippen LogP contribution in [0.15, 0.2) is 73.2 Å². The number of benzene rings is 2. The second kappa shape index (κ2) is 5.78. The van der Waals surface area contributed by atoms with Crippen LogP contribution in [0, 0.1) is 0 Å². The summed E-state index contributed by atoms with van der Waals surface area (Å²) < 4.78 is 0. The third kappa shape index (κ3) is 2.56. The van der Waals surface area contributed by atoms with E-state index in [1.54, 1.807) is 0 Å². The van der Waals surface area contributed by atoms with Crippen LogP contribution in [0.25, 0.3) is 33.3 Å². The molecule has 2 aromatic carbocycles. The van der Waals surface area contributed by atoms with Crippen molar-refractivity contribution in [2.24, 2.45) is 0 Å². The summed E-state index contributed by atoms with van der Waals surface area (Å²) in [6.07, 6.45) is 3.28. The molecule has 0 bridgehead atoms. The molecular formula is C19H12ClN3. The summed E-state index contributed by atoms with van der Waals surface area (Å²) in [4.78, 5) is 12.9. The number of aromatic nitrogens is 3. The number of hydrogen-bond donors (Lipinski definition) is 0. The van der Waals surface area contributed by atoms with E-state index in [0.717, 1.165) is 33.3 Å². The van der Waals surface area contributed by atoms with Gasteiger partial charge in [0, 0.05) is 22.7 Å². The highest BCUT2D eigenvalue weighted by Crippen LogP contribution is 2.32. The van der Waals surface area contributed by atoms with Gasteiger partial charge < -0.3 is 0 Å². The summed E-state index contributed by atoms with van der Waals surface area (Å²) in [6, 6.07) is 20.2. The maximum Gasteiger partial charge on any atom is 0.140 e. The van der Waals surface area contributed by atoms with Gasteiger partial charge in [-0.15, -0.1) is 0 Å². The van der Waals surface area contributed by atoms with Crippen LogP contribution in [0.4, 0.5) is 0 Å². The van der Waals surface area contributed by atoms with Gasteiger partial charge >= 0.3 is 0 Å². The zero-order valence-corrected chi connectivity index (χ0v) is 12.9. The Labute approximate surface area is 138 Å². The molecule has 2 heterocycles. The van der Waals surface area contributed by atoms with Crippen LogP contribution in [0.5, 0.6) is 0 Å². The van der Waals surface area contributed by atoms with Crippen LogP contribution in [0.3, 0.4) is 0 Å². The van der Waals surface area contributed by atoms with Crippen LogP contribution < -0.4 is 0 Å². The number of hydrogen-bond acceptors (Lipinski definition) is 3. The fraction of sp³-hybridized carbons (Fsp3) is 0. The highest BCUT2D eigenvalue weighted by atomic mass is 35.5. The van der Waals surface area contributed by atoms with Gasteiger partial charge in [-0.05, 0) is 23.8 Å². The molecule has 0 aliphatic carbocycles. The lowest BCUT2D eigenvalue weighted by atomic mass is 9.98. The molecule has 110 valence electrons. The summed E-state index contributed by atoms with van der Waals surface area (Å²) in [6.45, 7) is 0. The van der Waals surface area contributed by atoms with Gasteiger partial charge in [0.2, 0.25) is 0 Å². The molecule has 0 radical (unpaired) electrons. The first-order valence-electron chi connectivity index (χ1n) is 7.24. The number of nitrogens with zero attached hydrogens (tertiary/aromatic N) is 3. The third-order valence-corrected chi connectivity index (χ3v) is 4.05. The van der Waals surface area contributed by atoms with Crippen LogP contribution in [0.1, 0.15) is 0 Å². The summed E-state index contributed by atoms with van der Waals surface area (Å²) >= 11 is 6.21. The zero-order chi connectivity index (χ0) is 15.6. The SMILES string of the molecule is Clc1ncnc2ccc(-c3cccnc3-c3ccccc3)cc12. The van der Waals surface area contributed by atoms with E-state index in [0.29, 0.717) is 5.15 Å². The lowest BCUT2D eigenvalue weighted by Crippen LogP contribution is -1.90. The Kier molecular flexibility index (Phi) is 3.48. The van der Waals surface area contributed by atoms with Crippen molar-refractivity contribution in [1.29, 1.82) is 0 Å². The minimum Gasteiger partial charge on any atom is -0.256 e. The quantitative estimate of drug-likeness (QED) is 0.488. The molecule has 2 aromatic heterocycles. The third-order valence-electron chi connectivity index (χ3n) is 3.75. The fourth-order valence-corrected chi connectivity index (χ4v) is 2.85. The molecule has 4 heteroatoms. The van der Waals surface area contributed by atoms with E-state index in [1.165, 1.54) is 6.33 Å². The Hall–Kier alpha value is -2.78. The molecule has 0 spiro atoms. The van der Waals surface area contributed by atoms with Gasteiger partial charge in [0.05, 0.1) is 11.2 Å². The van der Waals surface area contributed by atoms with Gasteiger partial charge in [-0.2, -0.15) is 0 Å². The minimum atomic E-state index is 0.460. The molecule has 4 aromatic rings. The van der Waals surface area contributed by atoms with Crippen molar-refractivity contribution < 1.29 is 0 Å². The Morgan fingerprint density at radius 3 is 2.48 bits per heavy atom. The molecule has 4 rings (SSSR count).